The van der Waals surface area contributed by atoms with Crippen molar-refractivity contribution in [1.29, 1.82) is 0 Å². The first kappa shape index (κ1) is 17.2. The molecule has 1 heterocycles. The van der Waals surface area contributed by atoms with Gasteiger partial charge in [0.2, 0.25) is 0 Å². The molecule has 146 valence electrons. The number of aromatic nitrogens is 3. The summed E-state index contributed by atoms with van der Waals surface area (Å²) in [6, 6.07) is 23.8. The fourth-order valence-corrected chi connectivity index (χ4v) is 5.09. The first-order chi connectivity index (χ1) is 14.8. The van der Waals surface area contributed by atoms with E-state index in [-0.39, 0.29) is 17.5 Å². The summed E-state index contributed by atoms with van der Waals surface area (Å²) < 4.78 is 5.14. The van der Waals surface area contributed by atoms with E-state index in [1.807, 2.05) is 6.07 Å². The van der Waals surface area contributed by atoms with Crippen molar-refractivity contribution in [1.82, 2.24) is 15.4 Å². The van der Waals surface area contributed by atoms with Gasteiger partial charge < -0.3 is 4.74 Å². The van der Waals surface area contributed by atoms with E-state index in [0.717, 1.165) is 5.56 Å². The number of benzene rings is 3. The Kier molecular flexibility index (Phi) is 3.65. The van der Waals surface area contributed by atoms with Crippen LogP contribution >= 0.6 is 0 Å². The molecule has 0 fully saturated rings. The number of esters is 1. The average molecular weight is 393 g/mol. The molecule has 0 atom stereocenters. The number of nitrogens with one attached hydrogen (secondary N) is 1. The van der Waals surface area contributed by atoms with Gasteiger partial charge in [-0.1, -0.05) is 60.7 Å². The van der Waals surface area contributed by atoms with Gasteiger partial charge in [0.1, 0.15) is 5.69 Å². The Hall–Kier alpha value is -3.73. The lowest BCUT2D eigenvalue weighted by atomic mass is 9.61. The maximum atomic E-state index is 12.3. The van der Waals surface area contributed by atoms with Crippen LogP contribution in [-0.2, 0) is 4.74 Å². The number of nitrogens with zero attached hydrogens (tertiary/aromatic N) is 2. The van der Waals surface area contributed by atoms with Crippen LogP contribution < -0.4 is 0 Å². The number of rotatable bonds is 3. The Bertz CT molecular complexity index is 1260. The van der Waals surface area contributed by atoms with Gasteiger partial charge in [-0.05, 0) is 46.4 Å². The zero-order valence-corrected chi connectivity index (χ0v) is 16.4. The summed E-state index contributed by atoms with van der Waals surface area (Å²) in [5, 5.41) is 10.9. The SMILES string of the molecule is CCOC(=O)c1n[nH]nc1-c1ccc2c(c1)C1c3ccccc3C2c2ccccc21. The van der Waals surface area contributed by atoms with Gasteiger partial charge >= 0.3 is 5.97 Å². The van der Waals surface area contributed by atoms with Crippen molar-refractivity contribution in [2.45, 2.75) is 18.8 Å². The molecule has 1 N–H and O–H groups in total. The van der Waals surface area contributed by atoms with Gasteiger partial charge in [0.05, 0.1) is 6.61 Å². The normalized spacial score (nSPS) is 17.8. The quantitative estimate of drug-likeness (QED) is 0.445. The summed E-state index contributed by atoms with van der Waals surface area (Å²) in [5.74, 6) is -0.0558. The molecule has 3 aromatic carbocycles. The van der Waals surface area contributed by atoms with E-state index in [1.165, 1.54) is 33.4 Å². The molecule has 0 spiro atoms. The number of ether oxygens (including phenoxy) is 1. The van der Waals surface area contributed by atoms with Crippen LogP contribution in [0.25, 0.3) is 11.3 Å². The van der Waals surface area contributed by atoms with E-state index >= 15 is 0 Å². The molecule has 1 aromatic heterocycles. The summed E-state index contributed by atoms with van der Waals surface area (Å²) in [6.45, 7) is 2.08. The molecule has 0 saturated carbocycles. The minimum absolute atomic E-state index is 0.176. The molecule has 0 aliphatic heterocycles. The number of hydrogen-bond acceptors (Lipinski definition) is 4. The predicted octanol–water partition coefficient (Wildman–Crippen LogP) is 4.64. The van der Waals surface area contributed by atoms with Gasteiger partial charge in [0.15, 0.2) is 5.69 Å². The maximum Gasteiger partial charge on any atom is 0.361 e. The minimum atomic E-state index is -0.462. The Balaban J connectivity index is 1.54. The van der Waals surface area contributed by atoms with Crippen LogP contribution in [0.4, 0.5) is 0 Å². The molecule has 0 unspecified atom stereocenters. The van der Waals surface area contributed by atoms with E-state index in [1.54, 1.807) is 6.92 Å². The molecule has 3 aliphatic carbocycles. The summed E-state index contributed by atoms with van der Waals surface area (Å²) in [6.07, 6.45) is 0. The van der Waals surface area contributed by atoms with Crippen molar-refractivity contribution < 1.29 is 9.53 Å². The minimum Gasteiger partial charge on any atom is -0.461 e. The molecule has 3 aliphatic rings. The van der Waals surface area contributed by atoms with Crippen LogP contribution in [-0.4, -0.2) is 28.0 Å². The third kappa shape index (κ3) is 2.26. The molecule has 0 saturated heterocycles. The lowest BCUT2D eigenvalue weighted by Crippen LogP contribution is -2.27. The van der Waals surface area contributed by atoms with Crippen LogP contribution in [0.1, 0.15) is 62.6 Å². The van der Waals surface area contributed by atoms with Crippen LogP contribution in [0, 0.1) is 0 Å². The standard InChI is InChI=1S/C25H19N3O2/c1-2-30-25(29)24-23(26-28-27-24)14-11-12-19-20(13-14)22-17-9-5-3-7-15(17)21(19)16-8-4-6-10-18(16)22/h3-13,21-22H,2H2,1H3,(H,26,27,28). The first-order valence-electron chi connectivity index (χ1n) is 10.2. The third-order valence-corrected chi connectivity index (χ3v) is 6.23. The van der Waals surface area contributed by atoms with E-state index in [4.69, 9.17) is 4.74 Å². The Morgan fingerprint density at radius 3 is 2.00 bits per heavy atom. The van der Waals surface area contributed by atoms with Crippen LogP contribution in [0.15, 0.2) is 66.7 Å². The molecular formula is C25H19N3O2. The lowest BCUT2D eigenvalue weighted by Gasteiger charge is -2.42. The van der Waals surface area contributed by atoms with Gasteiger partial charge in [-0.25, -0.2) is 4.79 Å². The van der Waals surface area contributed by atoms with Crippen LogP contribution in [0.2, 0.25) is 0 Å². The van der Waals surface area contributed by atoms with Gasteiger partial charge in [0.25, 0.3) is 0 Å². The molecule has 5 nitrogen and oxygen atoms in total. The molecule has 2 bridgehead atoms. The zero-order valence-electron chi connectivity index (χ0n) is 16.4. The van der Waals surface area contributed by atoms with Crippen molar-refractivity contribution in [3.63, 3.8) is 0 Å². The highest BCUT2D eigenvalue weighted by Gasteiger charge is 2.41. The fraction of sp³-hybridized carbons (Fsp3) is 0.160. The van der Waals surface area contributed by atoms with Gasteiger partial charge in [-0.2, -0.15) is 10.3 Å². The molecule has 30 heavy (non-hydrogen) atoms. The first-order valence-corrected chi connectivity index (χ1v) is 10.2. The molecule has 7 rings (SSSR count). The number of hydrogen-bond donors (Lipinski definition) is 1. The summed E-state index contributed by atoms with van der Waals surface area (Å²) >= 11 is 0. The van der Waals surface area contributed by atoms with Gasteiger partial charge in [0, 0.05) is 17.4 Å². The van der Waals surface area contributed by atoms with Crippen LogP contribution in [0.3, 0.4) is 0 Å². The second kappa shape index (κ2) is 6.39. The second-order valence-corrected chi connectivity index (χ2v) is 7.71. The highest BCUT2D eigenvalue weighted by atomic mass is 16.5. The van der Waals surface area contributed by atoms with Gasteiger partial charge in [-0.15, -0.1) is 5.10 Å². The largest absolute Gasteiger partial charge is 0.461 e. The fourth-order valence-electron chi connectivity index (χ4n) is 5.09. The summed E-state index contributed by atoms with van der Waals surface area (Å²) in [5.41, 5.74) is 9.69. The monoisotopic (exact) mass is 393 g/mol. The van der Waals surface area contributed by atoms with Crippen molar-refractivity contribution in [3.8, 4) is 11.3 Å². The highest BCUT2D eigenvalue weighted by Crippen LogP contribution is 2.55. The van der Waals surface area contributed by atoms with E-state index in [2.05, 4.69) is 76.1 Å². The zero-order chi connectivity index (χ0) is 20.2. The maximum absolute atomic E-state index is 12.3. The molecule has 5 heteroatoms. The molecular weight excluding hydrogens is 374 g/mol. The Morgan fingerprint density at radius 2 is 1.40 bits per heavy atom. The van der Waals surface area contributed by atoms with Gasteiger partial charge in [-0.3, -0.25) is 0 Å². The number of H-pyrrole nitrogens is 1. The van der Waals surface area contributed by atoms with Crippen LogP contribution in [0.5, 0.6) is 0 Å². The summed E-state index contributed by atoms with van der Waals surface area (Å²) in [7, 11) is 0. The average Bonchev–Trinajstić information content (AvgIpc) is 3.29. The lowest BCUT2D eigenvalue weighted by molar-refractivity contribution is 0.0520. The number of carbonyl (C=O) groups excluding carboxylic acids is 1. The Labute approximate surface area is 173 Å². The smallest absolute Gasteiger partial charge is 0.361 e. The van der Waals surface area contributed by atoms with Crippen molar-refractivity contribution in [2.24, 2.45) is 0 Å². The number of aromatic amines is 1. The summed E-state index contributed by atoms with van der Waals surface area (Å²) in [4.78, 5) is 12.3. The third-order valence-electron chi connectivity index (χ3n) is 6.23. The topological polar surface area (TPSA) is 67.9 Å². The second-order valence-electron chi connectivity index (χ2n) is 7.71. The Morgan fingerprint density at radius 1 is 0.833 bits per heavy atom. The molecule has 4 aromatic rings. The van der Waals surface area contributed by atoms with Crippen molar-refractivity contribution in [3.05, 3.63) is 106 Å². The molecule has 0 amide bonds. The van der Waals surface area contributed by atoms with Crippen molar-refractivity contribution >= 4 is 5.97 Å². The number of carbonyl (C=O) groups is 1. The molecule has 0 radical (unpaired) electrons. The van der Waals surface area contributed by atoms with Crippen molar-refractivity contribution in [2.75, 3.05) is 6.61 Å². The predicted molar refractivity (Wildman–Crippen MR) is 113 cm³/mol. The van der Waals surface area contributed by atoms with E-state index in [9.17, 15) is 4.79 Å². The van der Waals surface area contributed by atoms with E-state index < -0.39 is 5.97 Å². The highest BCUT2D eigenvalue weighted by molar-refractivity contribution is 5.94. The van der Waals surface area contributed by atoms with E-state index in [0.29, 0.717) is 12.3 Å².